The molecule has 118 valence electrons. The fourth-order valence-corrected chi connectivity index (χ4v) is 4.78. The highest BCUT2D eigenvalue weighted by atomic mass is 28.2. The maximum atomic E-state index is 11.8. The van der Waals surface area contributed by atoms with Crippen molar-refractivity contribution in [3.05, 3.63) is 48.7 Å². The van der Waals surface area contributed by atoms with Crippen molar-refractivity contribution in [3.8, 4) is 0 Å². The highest BCUT2D eigenvalue weighted by Gasteiger charge is 2.22. The average Bonchev–Trinajstić information content (AvgIpc) is 2.44. The first-order chi connectivity index (χ1) is 10.1. The SMILES string of the molecule is C=CCC([SiH2]CCCCC)=C(C(=O)O)C(CC=C)CC=C. The van der Waals surface area contributed by atoms with Gasteiger partial charge >= 0.3 is 5.97 Å². The lowest BCUT2D eigenvalue weighted by atomic mass is 9.91. The average molecular weight is 307 g/mol. The van der Waals surface area contributed by atoms with E-state index in [4.69, 9.17) is 0 Å². The second-order valence-electron chi connectivity index (χ2n) is 5.37. The Labute approximate surface area is 132 Å². The van der Waals surface area contributed by atoms with Crippen LogP contribution in [0.2, 0.25) is 6.04 Å². The molecular weight excluding hydrogens is 276 g/mol. The molecule has 0 aliphatic heterocycles. The van der Waals surface area contributed by atoms with E-state index in [1.165, 1.54) is 25.3 Å². The second kappa shape index (κ2) is 12.4. The molecule has 0 aromatic rings. The van der Waals surface area contributed by atoms with Gasteiger partial charge in [-0.25, -0.2) is 4.79 Å². The number of carboxylic acids is 1. The minimum atomic E-state index is -0.774. The zero-order valence-corrected chi connectivity index (χ0v) is 14.9. The summed E-state index contributed by atoms with van der Waals surface area (Å²) < 4.78 is 0. The summed E-state index contributed by atoms with van der Waals surface area (Å²) in [6.45, 7) is 13.5. The predicted molar refractivity (Wildman–Crippen MR) is 95.5 cm³/mol. The van der Waals surface area contributed by atoms with Gasteiger partial charge in [0.15, 0.2) is 0 Å². The monoisotopic (exact) mass is 306 g/mol. The first-order valence-electron chi connectivity index (χ1n) is 7.90. The van der Waals surface area contributed by atoms with Crippen LogP contribution in [-0.2, 0) is 4.79 Å². The molecular formula is C18H30O2Si. The van der Waals surface area contributed by atoms with Gasteiger partial charge in [-0.3, -0.25) is 0 Å². The van der Waals surface area contributed by atoms with E-state index in [2.05, 4.69) is 26.7 Å². The quantitative estimate of drug-likeness (QED) is 0.236. The molecule has 0 rings (SSSR count). The van der Waals surface area contributed by atoms with E-state index < -0.39 is 15.5 Å². The topological polar surface area (TPSA) is 37.3 Å². The third-order valence-electron chi connectivity index (χ3n) is 3.64. The number of hydrogen-bond donors (Lipinski definition) is 1. The van der Waals surface area contributed by atoms with Crippen LogP contribution in [0.3, 0.4) is 0 Å². The summed E-state index contributed by atoms with van der Waals surface area (Å²) in [6.07, 6.45) is 11.2. The molecule has 1 N–H and O–H groups in total. The zero-order valence-electron chi connectivity index (χ0n) is 13.4. The predicted octanol–water partition coefficient (Wildman–Crippen LogP) is 4.45. The Morgan fingerprint density at radius 3 is 2.19 bits per heavy atom. The van der Waals surface area contributed by atoms with Gasteiger partial charge in [-0.15, -0.1) is 19.7 Å². The molecule has 0 amide bonds. The molecule has 0 radical (unpaired) electrons. The second-order valence-corrected chi connectivity index (χ2v) is 7.43. The van der Waals surface area contributed by atoms with Crippen LogP contribution in [-0.4, -0.2) is 20.6 Å². The number of carbonyl (C=O) groups is 1. The van der Waals surface area contributed by atoms with Crippen molar-refractivity contribution < 1.29 is 9.90 Å². The van der Waals surface area contributed by atoms with E-state index in [0.717, 1.165) is 5.20 Å². The van der Waals surface area contributed by atoms with Crippen LogP contribution in [0.1, 0.15) is 45.4 Å². The highest BCUT2D eigenvalue weighted by molar-refractivity contribution is 6.46. The summed E-state index contributed by atoms with van der Waals surface area (Å²) in [6, 6.07) is 1.18. The van der Waals surface area contributed by atoms with E-state index in [9.17, 15) is 9.90 Å². The minimum absolute atomic E-state index is 0.00567. The lowest BCUT2D eigenvalue weighted by Gasteiger charge is -2.19. The molecule has 21 heavy (non-hydrogen) atoms. The lowest BCUT2D eigenvalue weighted by molar-refractivity contribution is -0.133. The standard InChI is InChI=1S/C18H30O2Si/c1-5-9-10-14-21-16(13-8-4)17(18(19)20)15(11-6-2)12-7-3/h6-8,15H,2-5,9-14,21H2,1H3,(H,19,20). The molecule has 0 bridgehead atoms. The largest absolute Gasteiger partial charge is 0.478 e. The first kappa shape index (κ1) is 19.6. The van der Waals surface area contributed by atoms with Gasteiger partial charge in [0.2, 0.25) is 0 Å². The van der Waals surface area contributed by atoms with Crippen LogP contribution in [0.25, 0.3) is 0 Å². The fraction of sp³-hybridized carbons (Fsp3) is 0.500. The number of unbranched alkanes of at least 4 members (excludes halogenated alkanes) is 2. The van der Waals surface area contributed by atoms with Gasteiger partial charge in [0.05, 0.1) is 9.52 Å². The molecule has 3 heteroatoms. The molecule has 0 fully saturated rings. The molecule has 2 nitrogen and oxygen atoms in total. The summed E-state index contributed by atoms with van der Waals surface area (Å²) in [5, 5.41) is 10.8. The van der Waals surface area contributed by atoms with E-state index in [1.807, 2.05) is 6.08 Å². The third-order valence-corrected chi connectivity index (χ3v) is 5.77. The van der Waals surface area contributed by atoms with Crippen molar-refractivity contribution >= 4 is 15.5 Å². The van der Waals surface area contributed by atoms with Gasteiger partial charge < -0.3 is 5.11 Å². The van der Waals surface area contributed by atoms with Gasteiger partial charge in [-0.1, -0.05) is 55.7 Å². The van der Waals surface area contributed by atoms with Gasteiger partial charge in [0, 0.05) is 5.57 Å². The van der Waals surface area contributed by atoms with Crippen LogP contribution in [0, 0.1) is 5.92 Å². The first-order valence-corrected chi connectivity index (χ1v) is 9.60. The van der Waals surface area contributed by atoms with Gasteiger partial charge in [0.1, 0.15) is 0 Å². The van der Waals surface area contributed by atoms with E-state index in [1.54, 1.807) is 12.2 Å². The van der Waals surface area contributed by atoms with Crippen molar-refractivity contribution in [2.75, 3.05) is 0 Å². The summed E-state index contributed by atoms with van der Waals surface area (Å²) in [5.41, 5.74) is 0.609. The van der Waals surface area contributed by atoms with Crippen molar-refractivity contribution in [3.63, 3.8) is 0 Å². The van der Waals surface area contributed by atoms with Crippen molar-refractivity contribution in [2.45, 2.75) is 51.5 Å². The number of hydrogen-bond acceptors (Lipinski definition) is 1. The molecule has 0 atom stereocenters. The van der Waals surface area contributed by atoms with E-state index in [0.29, 0.717) is 24.8 Å². The Morgan fingerprint density at radius 1 is 1.14 bits per heavy atom. The summed E-state index contributed by atoms with van der Waals surface area (Å²) >= 11 is 0. The van der Waals surface area contributed by atoms with E-state index >= 15 is 0 Å². The molecule has 0 spiro atoms. The van der Waals surface area contributed by atoms with Gasteiger partial charge in [0.25, 0.3) is 0 Å². The van der Waals surface area contributed by atoms with Crippen LogP contribution in [0.15, 0.2) is 48.7 Å². The number of rotatable bonds is 13. The molecule has 0 aromatic carbocycles. The Hall–Kier alpha value is -1.35. The summed E-state index contributed by atoms with van der Waals surface area (Å²) in [5.74, 6) is -0.769. The molecule has 0 saturated heterocycles. The number of aliphatic carboxylic acids is 1. The Kier molecular flexibility index (Phi) is 11.6. The van der Waals surface area contributed by atoms with Crippen LogP contribution >= 0.6 is 0 Å². The Bertz CT molecular complexity index is 373. The molecule has 0 unspecified atom stereocenters. The summed E-state index contributed by atoms with van der Waals surface area (Å²) in [7, 11) is -0.514. The lowest BCUT2D eigenvalue weighted by Crippen LogP contribution is -2.17. The maximum absolute atomic E-state index is 11.8. The van der Waals surface area contributed by atoms with Crippen LogP contribution in [0.5, 0.6) is 0 Å². The fourth-order valence-electron chi connectivity index (χ4n) is 2.63. The molecule has 0 saturated carbocycles. The zero-order chi connectivity index (χ0) is 16.1. The smallest absolute Gasteiger partial charge is 0.331 e. The number of carboxylic acid groups (broad SMARTS) is 1. The molecule has 0 aliphatic carbocycles. The van der Waals surface area contributed by atoms with E-state index in [-0.39, 0.29) is 5.92 Å². The Balaban J connectivity index is 5.27. The highest BCUT2D eigenvalue weighted by Crippen LogP contribution is 2.26. The van der Waals surface area contributed by atoms with Crippen molar-refractivity contribution in [1.29, 1.82) is 0 Å². The van der Waals surface area contributed by atoms with Crippen molar-refractivity contribution in [2.24, 2.45) is 5.92 Å². The van der Waals surface area contributed by atoms with Gasteiger partial charge in [-0.2, -0.15) is 0 Å². The van der Waals surface area contributed by atoms with Gasteiger partial charge in [-0.05, 0) is 25.2 Å². The normalized spacial score (nSPS) is 12.5. The van der Waals surface area contributed by atoms with Crippen LogP contribution < -0.4 is 0 Å². The van der Waals surface area contributed by atoms with Crippen molar-refractivity contribution in [1.82, 2.24) is 0 Å². The van der Waals surface area contributed by atoms with Crippen LogP contribution in [0.4, 0.5) is 0 Å². The Morgan fingerprint density at radius 2 is 1.76 bits per heavy atom. The molecule has 0 heterocycles. The molecule has 0 aromatic heterocycles. The third kappa shape index (κ3) is 7.86. The number of allylic oxidation sites excluding steroid dienone is 4. The molecule has 0 aliphatic rings. The maximum Gasteiger partial charge on any atom is 0.331 e. The minimum Gasteiger partial charge on any atom is -0.478 e. The summed E-state index contributed by atoms with van der Waals surface area (Å²) in [4.78, 5) is 11.8.